The van der Waals surface area contributed by atoms with Gasteiger partial charge < -0.3 is 10.1 Å². The van der Waals surface area contributed by atoms with Crippen molar-refractivity contribution < 1.29 is 9.53 Å². The number of rotatable bonds is 8. The second-order valence-corrected chi connectivity index (χ2v) is 7.81. The highest BCUT2D eigenvalue weighted by atomic mass is 32.2. The van der Waals surface area contributed by atoms with E-state index in [1.807, 2.05) is 36.4 Å². The topological polar surface area (TPSA) is 64.1 Å². The van der Waals surface area contributed by atoms with Crippen molar-refractivity contribution in [3.05, 3.63) is 71.3 Å². The van der Waals surface area contributed by atoms with Gasteiger partial charge >= 0.3 is 0 Å². The molecular formula is C23H25N3O2S. The number of carbonyl (C=O) groups is 1. The summed E-state index contributed by atoms with van der Waals surface area (Å²) < 4.78 is 5.15. The van der Waals surface area contributed by atoms with Crippen molar-refractivity contribution in [2.45, 2.75) is 25.3 Å². The van der Waals surface area contributed by atoms with Gasteiger partial charge in [-0.2, -0.15) is 0 Å². The Morgan fingerprint density at radius 1 is 1.03 bits per heavy atom. The molecule has 0 aliphatic carbocycles. The molecule has 0 saturated carbocycles. The van der Waals surface area contributed by atoms with Crippen molar-refractivity contribution in [2.75, 3.05) is 19.4 Å². The molecule has 0 fully saturated rings. The monoisotopic (exact) mass is 407 g/mol. The lowest BCUT2D eigenvalue weighted by molar-refractivity contribution is -0.118. The van der Waals surface area contributed by atoms with Gasteiger partial charge in [0.15, 0.2) is 0 Å². The summed E-state index contributed by atoms with van der Waals surface area (Å²) in [5, 5.41) is 12.3. The number of nitrogens with one attached hydrogen (secondary N) is 1. The van der Waals surface area contributed by atoms with Crippen LogP contribution in [0.25, 0.3) is 11.3 Å². The average molecular weight is 408 g/mol. The zero-order chi connectivity index (χ0) is 20.6. The predicted octanol–water partition coefficient (Wildman–Crippen LogP) is 4.22. The molecule has 29 heavy (non-hydrogen) atoms. The van der Waals surface area contributed by atoms with Crippen LogP contribution in [0.4, 0.5) is 0 Å². The first-order valence-electron chi connectivity index (χ1n) is 9.49. The standard InChI is InChI=1S/C23H25N3O2S/c1-16-4-5-17(2)20(14-16)21-10-11-23(26-25-21)29-15-22(27)24-13-12-18-6-8-19(28-3)9-7-18/h4-11,14H,12-13,15H2,1-3H3,(H,24,27). The van der Waals surface area contributed by atoms with Crippen molar-refractivity contribution in [1.29, 1.82) is 0 Å². The van der Waals surface area contributed by atoms with Crippen molar-refractivity contribution in [1.82, 2.24) is 15.5 Å². The Kier molecular flexibility index (Phi) is 7.25. The van der Waals surface area contributed by atoms with Gasteiger partial charge in [0.05, 0.1) is 18.6 Å². The fraction of sp³-hybridized carbons (Fsp3) is 0.261. The molecule has 1 N–H and O–H groups in total. The number of ether oxygens (including phenoxy) is 1. The number of nitrogens with zero attached hydrogens (tertiary/aromatic N) is 2. The molecule has 1 amide bonds. The summed E-state index contributed by atoms with van der Waals surface area (Å²) in [7, 11) is 1.65. The van der Waals surface area contributed by atoms with E-state index >= 15 is 0 Å². The largest absolute Gasteiger partial charge is 0.497 e. The third-order valence-corrected chi connectivity index (χ3v) is 5.48. The molecule has 3 rings (SSSR count). The van der Waals surface area contributed by atoms with E-state index < -0.39 is 0 Å². The number of hydrogen-bond acceptors (Lipinski definition) is 5. The lowest BCUT2D eigenvalue weighted by Gasteiger charge is -2.07. The summed E-state index contributed by atoms with van der Waals surface area (Å²) >= 11 is 1.39. The Labute approximate surface area is 175 Å². The second-order valence-electron chi connectivity index (χ2n) is 6.81. The van der Waals surface area contributed by atoms with Gasteiger partial charge in [0.1, 0.15) is 10.8 Å². The van der Waals surface area contributed by atoms with Gasteiger partial charge in [0.2, 0.25) is 5.91 Å². The molecule has 150 valence electrons. The summed E-state index contributed by atoms with van der Waals surface area (Å²) in [6.45, 7) is 4.73. The van der Waals surface area contributed by atoms with Gasteiger partial charge in [-0.1, -0.05) is 41.6 Å². The maximum Gasteiger partial charge on any atom is 0.230 e. The molecule has 6 heteroatoms. The third kappa shape index (κ3) is 6.06. The summed E-state index contributed by atoms with van der Waals surface area (Å²) in [5.74, 6) is 1.14. The lowest BCUT2D eigenvalue weighted by atomic mass is 10.0. The molecule has 0 aliphatic rings. The molecule has 0 spiro atoms. The average Bonchev–Trinajstić information content (AvgIpc) is 2.75. The quantitative estimate of drug-likeness (QED) is 0.567. The highest BCUT2D eigenvalue weighted by Crippen LogP contribution is 2.23. The lowest BCUT2D eigenvalue weighted by Crippen LogP contribution is -2.27. The van der Waals surface area contributed by atoms with Gasteiger partial charge in [0.25, 0.3) is 0 Å². The van der Waals surface area contributed by atoms with Crippen LogP contribution in [0.3, 0.4) is 0 Å². The van der Waals surface area contributed by atoms with Crippen molar-refractivity contribution >= 4 is 17.7 Å². The van der Waals surface area contributed by atoms with Gasteiger partial charge in [0, 0.05) is 12.1 Å². The number of aryl methyl sites for hydroxylation is 2. The van der Waals surface area contributed by atoms with Gasteiger partial charge in [-0.15, -0.1) is 10.2 Å². The minimum absolute atomic E-state index is 0.0103. The summed E-state index contributed by atoms with van der Waals surface area (Å²) in [6, 6.07) is 18.0. The molecule has 0 atom stereocenters. The van der Waals surface area contributed by atoms with Crippen molar-refractivity contribution in [3.8, 4) is 17.0 Å². The minimum atomic E-state index is -0.0103. The van der Waals surface area contributed by atoms with E-state index in [4.69, 9.17) is 4.74 Å². The SMILES string of the molecule is COc1ccc(CCNC(=O)CSc2ccc(-c3cc(C)ccc3C)nn2)cc1. The van der Waals surface area contributed by atoms with Crippen molar-refractivity contribution in [3.63, 3.8) is 0 Å². The molecule has 0 aliphatic heterocycles. The number of carbonyl (C=O) groups excluding carboxylic acids is 1. The predicted molar refractivity (Wildman–Crippen MR) is 117 cm³/mol. The van der Waals surface area contributed by atoms with Crippen LogP contribution in [0.5, 0.6) is 5.75 Å². The molecule has 0 radical (unpaired) electrons. The highest BCUT2D eigenvalue weighted by molar-refractivity contribution is 7.99. The summed E-state index contributed by atoms with van der Waals surface area (Å²) in [6.07, 6.45) is 0.782. The molecule has 0 bridgehead atoms. The smallest absolute Gasteiger partial charge is 0.230 e. The molecule has 3 aromatic rings. The Balaban J connectivity index is 1.45. The summed E-state index contributed by atoms with van der Waals surface area (Å²) in [4.78, 5) is 12.1. The van der Waals surface area contributed by atoms with Crippen LogP contribution in [0.2, 0.25) is 0 Å². The maximum atomic E-state index is 12.1. The van der Waals surface area contributed by atoms with Crippen molar-refractivity contribution in [2.24, 2.45) is 0 Å². The van der Waals surface area contributed by atoms with Crippen LogP contribution in [-0.2, 0) is 11.2 Å². The van der Waals surface area contributed by atoms with Gasteiger partial charge in [-0.05, 0) is 61.7 Å². The van der Waals surface area contributed by atoms with Crippen LogP contribution in [0.15, 0.2) is 59.6 Å². The van der Waals surface area contributed by atoms with E-state index in [-0.39, 0.29) is 5.91 Å². The number of thioether (sulfide) groups is 1. The first-order valence-corrected chi connectivity index (χ1v) is 10.5. The fourth-order valence-corrected chi connectivity index (χ4v) is 3.53. The van der Waals surface area contributed by atoms with E-state index in [0.717, 1.165) is 34.0 Å². The van der Waals surface area contributed by atoms with Gasteiger partial charge in [-0.25, -0.2) is 0 Å². The van der Waals surface area contributed by atoms with E-state index in [2.05, 4.69) is 47.6 Å². The maximum absolute atomic E-state index is 12.1. The molecule has 0 saturated heterocycles. The van der Waals surface area contributed by atoms with E-state index in [9.17, 15) is 4.79 Å². The van der Waals surface area contributed by atoms with Crippen LogP contribution >= 0.6 is 11.8 Å². The zero-order valence-electron chi connectivity index (χ0n) is 16.9. The normalized spacial score (nSPS) is 10.6. The number of aromatic nitrogens is 2. The van der Waals surface area contributed by atoms with Crippen LogP contribution in [0.1, 0.15) is 16.7 Å². The fourth-order valence-electron chi connectivity index (χ4n) is 2.88. The Morgan fingerprint density at radius 2 is 1.83 bits per heavy atom. The Hall–Kier alpha value is -2.86. The van der Waals surface area contributed by atoms with Gasteiger partial charge in [-0.3, -0.25) is 4.79 Å². The van der Waals surface area contributed by atoms with Crippen LogP contribution < -0.4 is 10.1 Å². The molecular weight excluding hydrogens is 382 g/mol. The first kappa shape index (κ1) is 20.9. The first-order chi connectivity index (χ1) is 14.0. The number of hydrogen-bond donors (Lipinski definition) is 1. The minimum Gasteiger partial charge on any atom is -0.497 e. The van der Waals surface area contributed by atoms with E-state index in [0.29, 0.717) is 12.3 Å². The molecule has 1 heterocycles. The van der Waals surface area contributed by atoms with Crippen LogP contribution in [0, 0.1) is 13.8 Å². The van der Waals surface area contributed by atoms with E-state index in [1.165, 1.54) is 22.9 Å². The Bertz CT molecular complexity index is 957. The molecule has 5 nitrogen and oxygen atoms in total. The zero-order valence-corrected chi connectivity index (χ0v) is 17.8. The Morgan fingerprint density at radius 3 is 2.52 bits per heavy atom. The highest BCUT2D eigenvalue weighted by Gasteiger charge is 2.07. The molecule has 0 unspecified atom stereocenters. The molecule has 1 aromatic heterocycles. The second kappa shape index (κ2) is 10.1. The van der Waals surface area contributed by atoms with Crippen LogP contribution in [-0.4, -0.2) is 35.5 Å². The van der Waals surface area contributed by atoms with E-state index in [1.54, 1.807) is 7.11 Å². The summed E-state index contributed by atoms with van der Waals surface area (Å²) in [5.41, 5.74) is 5.45. The molecule has 2 aromatic carbocycles. The number of amides is 1. The number of benzene rings is 2. The third-order valence-electron chi connectivity index (χ3n) is 4.56. The number of methoxy groups -OCH3 is 1.